The van der Waals surface area contributed by atoms with Crippen molar-refractivity contribution >= 4 is 12.0 Å². The van der Waals surface area contributed by atoms with Gasteiger partial charge in [-0.05, 0) is 35.9 Å². The van der Waals surface area contributed by atoms with Crippen molar-refractivity contribution in [2.24, 2.45) is 0 Å². The Hall–Kier alpha value is -2.82. The van der Waals surface area contributed by atoms with Crippen molar-refractivity contribution < 1.29 is 14.3 Å². The minimum atomic E-state index is -0.168. The summed E-state index contributed by atoms with van der Waals surface area (Å²) >= 11 is 0. The van der Waals surface area contributed by atoms with Crippen molar-refractivity contribution in [1.29, 1.82) is 0 Å². The van der Waals surface area contributed by atoms with Gasteiger partial charge in [0.1, 0.15) is 0 Å². The Bertz CT molecular complexity index is 668. The van der Waals surface area contributed by atoms with E-state index in [0.29, 0.717) is 12.3 Å². The molecule has 0 atom stereocenters. The van der Waals surface area contributed by atoms with Crippen LogP contribution in [0, 0.1) is 0 Å². The lowest BCUT2D eigenvalue weighted by molar-refractivity contribution is -0.116. The largest absolute Gasteiger partial charge is 0.454 e. The maximum Gasteiger partial charge on any atom is 0.244 e. The predicted molar refractivity (Wildman–Crippen MR) is 77.7 cm³/mol. The number of carbonyl (C=O) groups is 1. The number of fused-ring (bicyclic) bond motifs is 1. The van der Waals surface area contributed by atoms with E-state index in [0.717, 1.165) is 17.0 Å². The second kappa shape index (κ2) is 6.09. The SMILES string of the molecule is O=C(/C=C/c1ccc2c(c1)OCO2)NCc1ccccn1. The lowest BCUT2D eigenvalue weighted by Crippen LogP contribution is -2.20. The Balaban J connectivity index is 1.57. The van der Waals surface area contributed by atoms with Crippen LogP contribution < -0.4 is 14.8 Å². The summed E-state index contributed by atoms with van der Waals surface area (Å²) in [6.45, 7) is 0.651. The van der Waals surface area contributed by atoms with Crippen LogP contribution in [0.15, 0.2) is 48.7 Å². The predicted octanol–water partition coefficient (Wildman–Crippen LogP) is 2.14. The molecule has 5 heteroatoms. The number of ether oxygens (including phenoxy) is 2. The highest BCUT2D eigenvalue weighted by Crippen LogP contribution is 2.32. The summed E-state index contributed by atoms with van der Waals surface area (Å²) in [4.78, 5) is 15.9. The minimum absolute atomic E-state index is 0.168. The van der Waals surface area contributed by atoms with Gasteiger partial charge in [-0.2, -0.15) is 0 Å². The van der Waals surface area contributed by atoms with Gasteiger partial charge in [0.2, 0.25) is 12.7 Å². The van der Waals surface area contributed by atoms with Crippen molar-refractivity contribution in [2.75, 3.05) is 6.79 Å². The molecule has 0 radical (unpaired) electrons. The molecule has 1 aliphatic heterocycles. The van der Waals surface area contributed by atoms with E-state index in [1.165, 1.54) is 6.08 Å². The Morgan fingerprint density at radius 2 is 2.14 bits per heavy atom. The molecule has 1 aromatic carbocycles. The number of nitrogens with one attached hydrogen (secondary N) is 1. The average Bonchev–Trinajstić information content (AvgIpc) is 2.99. The molecule has 2 heterocycles. The minimum Gasteiger partial charge on any atom is -0.454 e. The molecule has 3 rings (SSSR count). The molecule has 0 unspecified atom stereocenters. The molecule has 1 aliphatic rings. The van der Waals surface area contributed by atoms with Gasteiger partial charge in [-0.3, -0.25) is 9.78 Å². The normalized spacial score (nSPS) is 12.6. The summed E-state index contributed by atoms with van der Waals surface area (Å²) in [6.07, 6.45) is 4.92. The Morgan fingerprint density at radius 3 is 3.00 bits per heavy atom. The van der Waals surface area contributed by atoms with Crippen molar-refractivity contribution in [1.82, 2.24) is 10.3 Å². The van der Waals surface area contributed by atoms with Crippen LogP contribution in [-0.4, -0.2) is 17.7 Å². The van der Waals surface area contributed by atoms with Crippen molar-refractivity contribution in [3.8, 4) is 11.5 Å². The zero-order valence-electron chi connectivity index (χ0n) is 11.3. The van der Waals surface area contributed by atoms with E-state index in [1.807, 2.05) is 36.4 Å². The fraction of sp³-hybridized carbons (Fsp3) is 0.125. The van der Waals surface area contributed by atoms with Crippen molar-refractivity contribution in [3.63, 3.8) is 0 Å². The van der Waals surface area contributed by atoms with Crippen LogP contribution in [-0.2, 0) is 11.3 Å². The molecule has 0 bridgehead atoms. The number of carbonyl (C=O) groups excluding carboxylic acids is 1. The lowest BCUT2D eigenvalue weighted by Gasteiger charge is -2.01. The first-order chi connectivity index (χ1) is 10.3. The molecule has 1 amide bonds. The Labute approximate surface area is 122 Å². The van der Waals surface area contributed by atoms with Crippen LogP contribution in [0.4, 0.5) is 0 Å². The molecule has 0 aliphatic carbocycles. The molecular weight excluding hydrogens is 268 g/mol. The third-order valence-corrected chi connectivity index (χ3v) is 2.99. The molecule has 0 spiro atoms. The zero-order chi connectivity index (χ0) is 14.5. The monoisotopic (exact) mass is 282 g/mol. The third kappa shape index (κ3) is 3.39. The van der Waals surface area contributed by atoms with E-state index < -0.39 is 0 Å². The van der Waals surface area contributed by atoms with Crippen molar-refractivity contribution in [3.05, 3.63) is 59.9 Å². The van der Waals surface area contributed by atoms with E-state index in [4.69, 9.17) is 9.47 Å². The number of pyridine rings is 1. The van der Waals surface area contributed by atoms with Gasteiger partial charge in [0, 0.05) is 12.3 Å². The van der Waals surface area contributed by atoms with Gasteiger partial charge < -0.3 is 14.8 Å². The third-order valence-electron chi connectivity index (χ3n) is 2.99. The second-order valence-electron chi connectivity index (χ2n) is 4.48. The number of benzene rings is 1. The van der Waals surface area contributed by atoms with Gasteiger partial charge in [0.25, 0.3) is 0 Å². The van der Waals surface area contributed by atoms with E-state index in [1.54, 1.807) is 12.3 Å². The van der Waals surface area contributed by atoms with Crippen LogP contribution in [0.25, 0.3) is 6.08 Å². The Morgan fingerprint density at radius 1 is 1.24 bits per heavy atom. The highest BCUT2D eigenvalue weighted by molar-refractivity contribution is 5.91. The van der Waals surface area contributed by atoms with Crippen LogP contribution >= 0.6 is 0 Å². The number of aromatic nitrogens is 1. The van der Waals surface area contributed by atoms with Gasteiger partial charge >= 0.3 is 0 Å². The first kappa shape index (κ1) is 13.2. The molecule has 21 heavy (non-hydrogen) atoms. The van der Waals surface area contributed by atoms with Crippen LogP contribution in [0.1, 0.15) is 11.3 Å². The van der Waals surface area contributed by atoms with Gasteiger partial charge in [-0.1, -0.05) is 12.1 Å². The molecule has 0 saturated carbocycles. The van der Waals surface area contributed by atoms with Crippen LogP contribution in [0.3, 0.4) is 0 Å². The quantitative estimate of drug-likeness (QED) is 0.873. The highest BCUT2D eigenvalue weighted by atomic mass is 16.7. The molecule has 1 aromatic heterocycles. The summed E-state index contributed by atoms with van der Waals surface area (Å²) in [6, 6.07) is 11.1. The molecule has 106 valence electrons. The van der Waals surface area contributed by atoms with Crippen LogP contribution in [0.2, 0.25) is 0 Å². The van der Waals surface area contributed by atoms with Gasteiger partial charge in [-0.15, -0.1) is 0 Å². The number of hydrogen-bond acceptors (Lipinski definition) is 4. The summed E-state index contributed by atoms with van der Waals surface area (Å²) in [7, 11) is 0. The van der Waals surface area contributed by atoms with E-state index in [2.05, 4.69) is 10.3 Å². The smallest absolute Gasteiger partial charge is 0.244 e. The number of rotatable bonds is 4. The summed E-state index contributed by atoms with van der Waals surface area (Å²) in [5.74, 6) is 1.26. The second-order valence-corrected chi connectivity index (χ2v) is 4.48. The summed E-state index contributed by atoms with van der Waals surface area (Å²) in [5.41, 5.74) is 1.70. The maximum absolute atomic E-state index is 11.7. The standard InChI is InChI=1S/C16H14N2O3/c19-16(18-10-13-3-1-2-8-17-13)7-5-12-4-6-14-15(9-12)21-11-20-14/h1-9H,10-11H2,(H,18,19)/b7-5+. The first-order valence-corrected chi connectivity index (χ1v) is 6.57. The highest BCUT2D eigenvalue weighted by Gasteiger charge is 2.12. The number of nitrogens with zero attached hydrogens (tertiary/aromatic N) is 1. The topological polar surface area (TPSA) is 60.5 Å². The zero-order valence-corrected chi connectivity index (χ0v) is 11.3. The van der Waals surface area contributed by atoms with E-state index in [9.17, 15) is 4.79 Å². The van der Waals surface area contributed by atoms with E-state index in [-0.39, 0.29) is 12.7 Å². The fourth-order valence-electron chi connectivity index (χ4n) is 1.93. The maximum atomic E-state index is 11.7. The van der Waals surface area contributed by atoms with Gasteiger partial charge in [0.15, 0.2) is 11.5 Å². The van der Waals surface area contributed by atoms with Gasteiger partial charge in [0.05, 0.1) is 12.2 Å². The first-order valence-electron chi connectivity index (χ1n) is 6.57. The summed E-state index contributed by atoms with van der Waals surface area (Å²) < 4.78 is 10.5. The van der Waals surface area contributed by atoms with Crippen molar-refractivity contribution in [2.45, 2.75) is 6.54 Å². The van der Waals surface area contributed by atoms with Gasteiger partial charge in [-0.25, -0.2) is 0 Å². The lowest BCUT2D eigenvalue weighted by atomic mass is 10.2. The molecular formula is C16H14N2O3. The van der Waals surface area contributed by atoms with E-state index >= 15 is 0 Å². The molecule has 2 aromatic rings. The summed E-state index contributed by atoms with van der Waals surface area (Å²) in [5, 5.41) is 2.78. The number of amides is 1. The molecule has 0 fully saturated rings. The molecule has 5 nitrogen and oxygen atoms in total. The van der Waals surface area contributed by atoms with Crippen LogP contribution in [0.5, 0.6) is 11.5 Å². The Kier molecular flexibility index (Phi) is 3.82. The molecule has 0 saturated heterocycles. The fourth-order valence-corrected chi connectivity index (χ4v) is 1.93. The number of hydrogen-bond donors (Lipinski definition) is 1. The molecule has 1 N–H and O–H groups in total. The average molecular weight is 282 g/mol.